The van der Waals surface area contributed by atoms with Crippen LogP contribution in [0.25, 0.3) is 0 Å². The maximum Gasteiger partial charge on any atom is 0.229 e. The molecule has 0 bridgehead atoms. The molecule has 1 aromatic carbocycles. The Labute approximate surface area is 204 Å². The second-order valence-corrected chi connectivity index (χ2v) is 8.68. The molecule has 2 saturated heterocycles. The molecule has 1 amide bonds. The van der Waals surface area contributed by atoms with Crippen molar-refractivity contribution in [3.05, 3.63) is 54.2 Å². The summed E-state index contributed by atoms with van der Waals surface area (Å²) in [4.78, 5) is 31.8. The van der Waals surface area contributed by atoms with Crippen LogP contribution in [0.15, 0.2) is 48.7 Å². The highest BCUT2D eigenvalue weighted by Gasteiger charge is 2.23. The predicted octanol–water partition coefficient (Wildman–Crippen LogP) is 3.11. The second-order valence-electron chi connectivity index (χ2n) is 8.68. The van der Waals surface area contributed by atoms with Gasteiger partial charge in [0.05, 0.1) is 6.20 Å². The van der Waals surface area contributed by atoms with Crippen LogP contribution in [0, 0.1) is 11.3 Å². The number of hydrogen-bond acceptors (Lipinski definition) is 9. The average molecular weight is 470 g/mol. The van der Waals surface area contributed by atoms with Crippen molar-refractivity contribution in [1.82, 2.24) is 19.9 Å². The number of nitrogens with zero attached hydrogens (tertiary/aromatic N) is 7. The van der Waals surface area contributed by atoms with Crippen LogP contribution in [-0.2, 0) is 4.79 Å². The van der Waals surface area contributed by atoms with E-state index in [1.807, 2.05) is 18.2 Å². The molecule has 35 heavy (non-hydrogen) atoms. The monoisotopic (exact) mass is 469 g/mol. The molecule has 0 atom stereocenters. The SMILES string of the molecule is CN1CCN(c2ccc(Nc3ncc(C#N)c(Nc4cccc(N5CCCC5=O)n4)n3)cc2)CC1. The number of piperazine rings is 1. The Morgan fingerprint density at radius 3 is 2.49 bits per heavy atom. The maximum atomic E-state index is 12.1. The average Bonchev–Trinajstić information content (AvgIpc) is 3.31. The van der Waals surface area contributed by atoms with Gasteiger partial charge in [0.2, 0.25) is 11.9 Å². The Morgan fingerprint density at radius 1 is 0.971 bits per heavy atom. The van der Waals surface area contributed by atoms with Crippen LogP contribution in [0.3, 0.4) is 0 Å². The van der Waals surface area contributed by atoms with Gasteiger partial charge in [-0.05, 0) is 49.9 Å². The van der Waals surface area contributed by atoms with E-state index >= 15 is 0 Å². The molecule has 4 heterocycles. The number of carbonyl (C=O) groups excluding carboxylic acids is 1. The number of nitriles is 1. The lowest BCUT2D eigenvalue weighted by Gasteiger charge is -2.34. The summed E-state index contributed by atoms with van der Waals surface area (Å²) < 4.78 is 0. The van der Waals surface area contributed by atoms with E-state index in [1.54, 1.807) is 17.0 Å². The number of aromatic nitrogens is 3. The predicted molar refractivity (Wildman–Crippen MR) is 135 cm³/mol. The first-order valence-corrected chi connectivity index (χ1v) is 11.7. The zero-order valence-electron chi connectivity index (χ0n) is 19.6. The molecular formula is C25H27N9O. The number of benzene rings is 1. The smallest absolute Gasteiger partial charge is 0.229 e. The van der Waals surface area contributed by atoms with Crippen molar-refractivity contribution in [2.24, 2.45) is 0 Å². The van der Waals surface area contributed by atoms with Crippen molar-refractivity contribution in [3.8, 4) is 6.07 Å². The molecule has 2 N–H and O–H groups in total. The number of anilines is 6. The van der Waals surface area contributed by atoms with Crippen molar-refractivity contribution in [3.63, 3.8) is 0 Å². The van der Waals surface area contributed by atoms with Crippen molar-refractivity contribution < 1.29 is 4.79 Å². The molecule has 2 fully saturated rings. The molecule has 0 aliphatic carbocycles. The van der Waals surface area contributed by atoms with E-state index in [9.17, 15) is 10.1 Å². The first-order valence-electron chi connectivity index (χ1n) is 11.7. The molecule has 10 heteroatoms. The number of likely N-dealkylation sites (N-methyl/N-ethyl adjacent to an activating group) is 1. The van der Waals surface area contributed by atoms with Crippen LogP contribution >= 0.6 is 0 Å². The third-order valence-corrected chi connectivity index (χ3v) is 6.23. The Kier molecular flexibility index (Phi) is 6.41. The van der Waals surface area contributed by atoms with Gasteiger partial charge in [-0.25, -0.2) is 9.97 Å². The van der Waals surface area contributed by atoms with E-state index in [4.69, 9.17) is 0 Å². The fourth-order valence-electron chi connectivity index (χ4n) is 4.22. The lowest BCUT2D eigenvalue weighted by Crippen LogP contribution is -2.44. The molecule has 2 aliphatic heterocycles. The molecule has 178 valence electrons. The highest BCUT2D eigenvalue weighted by atomic mass is 16.2. The van der Waals surface area contributed by atoms with Crippen LogP contribution < -0.4 is 20.4 Å². The minimum absolute atomic E-state index is 0.0690. The molecule has 0 unspecified atom stereocenters. The molecule has 0 saturated carbocycles. The minimum Gasteiger partial charge on any atom is -0.369 e. The highest BCUT2D eigenvalue weighted by molar-refractivity contribution is 5.94. The molecule has 2 aromatic heterocycles. The van der Waals surface area contributed by atoms with Gasteiger partial charge in [-0.2, -0.15) is 10.2 Å². The summed E-state index contributed by atoms with van der Waals surface area (Å²) in [6.07, 6.45) is 2.84. The van der Waals surface area contributed by atoms with Crippen LogP contribution in [0.1, 0.15) is 18.4 Å². The van der Waals surface area contributed by atoms with E-state index in [1.165, 1.54) is 11.9 Å². The van der Waals surface area contributed by atoms with E-state index in [0.29, 0.717) is 41.9 Å². The first-order chi connectivity index (χ1) is 17.1. The Morgan fingerprint density at radius 2 is 1.77 bits per heavy atom. The standard InChI is InChI=1S/C25H27N9O/c1-32-12-14-33(15-13-32)20-9-7-19(8-10-20)28-25-27-17-18(16-26)24(31-25)30-21-4-2-5-22(29-21)34-11-3-6-23(34)35/h2,4-5,7-10,17H,3,6,11-15H2,1H3,(H2,27,28,29,30,31). The normalized spacial score (nSPS) is 16.3. The fraction of sp³-hybridized carbons (Fsp3) is 0.320. The Hall–Kier alpha value is -4.23. The molecule has 3 aromatic rings. The Balaban J connectivity index is 1.30. The van der Waals surface area contributed by atoms with Gasteiger partial charge < -0.3 is 20.4 Å². The van der Waals surface area contributed by atoms with Crippen molar-refractivity contribution >= 4 is 40.7 Å². The molecule has 0 radical (unpaired) electrons. The van der Waals surface area contributed by atoms with Crippen LogP contribution in [-0.4, -0.2) is 65.5 Å². The largest absolute Gasteiger partial charge is 0.369 e. The van der Waals surface area contributed by atoms with Crippen molar-refractivity contribution in [2.75, 3.05) is 60.2 Å². The van der Waals surface area contributed by atoms with Gasteiger partial charge in [0.25, 0.3) is 0 Å². The summed E-state index contributed by atoms with van der Waals surface area (Å²) in [5.74, 6) is 1.87. The summed E-state index contributed by atoms with van der Waals surface area (Å²) in [6.45, 7) is 4.80. The maximum absolute atomic E-state index is 12.1. The molecule has 2 aliphatic rings. The third-order valence-electron chi connectivity index (χ3n) is 6.23. The van der Waals surface area contributed by atoms with Gasteiger partial charge in [0, 0.05) is 50.5 Å². The molecule has 10 nitrogen and oxygen atoms in total. The summed E-state index contributed by atoms with van der Waals surface area (Å²) >= 11 is 0. The zero-order valence-corrected chi connectivity index (χ0v) is 19.6. The van der Waals surface area contributed by atoms with Crippen LogP contribution in [0.5, 0.6) is 0 Å². The van der Waals surface area contributed by atoms with Gasteiger partial charge in [-0.15, -0.1) is 0 Å². The Bertz CT molecular complexity index is 1250. The van der Waals surface area contributed by atoms with E-state index in [0.717, 1.165) is 38.3 Å². The van der Waals surface area contributed by atoms with E-state index in [-0.39, 0.29) is 5.91 Å². The van der Waals surface area contributed by atoms with Crippen LogP contribution in [0.4, 0.5) is 34.8 Å². The van der Waals surface area contributed by atoms with Gasteiger partial charge >= 0.3 is 0 Å². The van der Waals surface area contributed by atoms with Crippen molar-refractivity contribution in [1.29, 1.82) is 5.26 Å². The zero-order chi connectivity index (χ0) is 24.2. The summed E-state index contributed by atoms with van der Waals surface area (Å²) in [5, 5.41) is 15.9. The fourth-order valence-corrected chi connectivity index (χ4v) is 4.22. The number of amides is 1. The first kappa shape index (κ1) is 22.6. The van der Waals surface area contributed by atoms with E-state index in [2.05, 4.69) is 60.6 Å². The number of hydrogen-bond donors (Lipinski definition) is 2. The van der Waals surface area contributed by atoms with Crippen LogP contribution in [0.2, 0.25) is 0 Å². The van der Waals surface area contributed by atoms with E-state index < -0.39 is 0 Å². The lowest BCUT2D eigenvalue weighted by molar-refractivity contribution is -0.117. The molecule has 0 spiro atoms. The third kappa shape index (κ3) is 5.15. The number of rotatable bonds is 6. The highest BCUT2D eigenvalue weighted by Crippen LogP contribution is 2.25. The van der Waals surface area contributed by atoms with Gasteiger partial charge in [-0.3, -0.25) is 9.69 Å². The summed E-state index contributed by atoms with van der Waals surface area (Å²) in [6, 6.07) is 15.7. The van der Waals surface area contributed by atoms with Crippen molar-refractivity contribution in [2.45, 2.75) is 12.8 Å². The summed E-state index contributed by atoms with van der Waals surface area (Å²) in [7, 11) is 2.15. The number of carbonyl (C=O) groups is 1. The molecular weight excluding hydrogens is 442 g/mol. The summed E-state index contributed by atoms with van der Waals surface area (Å²) in [5.41, 5.74) is 2.34. The minimum atomic E-state index is 0.0690. The quantitative estimate of drug-likeness (QED) is 0.562. The second kappa shape index (κ2) is 9.95. The number of pyridine rings is 1. The van der Waals surface area contributed by atoms with Gasteiger partial charge in [-0.1, -0.05) is 6.07 Å². The van der Waals surface area contributed by atoms with Gasteiger partial charge in [0.15, 0.2) is 5.82 Å². The van der Waals surface area contributed by atoms with Gasteiger partial charge in [0.1, 0.15) is 23.3 Å². The number of nitrogens with one attached hydrogen (secondary N) is 2. The lowest BCUT2D eigenvalue weighted by atomic mass is 10.2. The topological polar surface area (TPSA) is 113 Å². The molecule has 5 rings (SSSR count).